The average molecular weight is 1220 g/mol. The molecule has 1 aliphatic heterocycles. The number of phosphoric ester groups is 7. The molecule has 5 aromatic carbocycles. The van der Waals surface area contributed by atoms with E-state index in [1.54, 1.807) is 24.3 Å². The fourth-order valence-corrected chi connectivity index (χ4v) is 11.8. The third-order valence-corrected chi connectivity index (χ3v) is 16.7. The number of imide groups is 1. The lowest BCUT2D eigenvalue weighted by Gasteiger charge is -2.31. The number of hydrogen-bond donors (Lipinski definition) is 9. The molecule has 7 atom stereocenters. The third kappa shape index (κ3) is 17.9. The number of benzene rings is 5. The van der Waals surface area contributed by atoms with Crippen molar-refractivity contribution in [2.24, 2.45) is 0 Å². The van der Waals surface area contributed by atoms with Gasteiger partial charge in [0, 0.05) is 16.5 Å². The van der Waals surface area contributed by atoms with Crippen LogP contribution >= 0.6 is 54.8 Å². The van der Waals surface area contributed by atoms with E-state index in [9.17, 15) is 76.0 Å². The summed E-state index contributed by atoms with van der Waals surface area (Å²) in [6, 6.07) is 18.5. The standard InChI is InChI=1S/C37H48NO31P7/c39-24-26(23-38-36(40)31-9-7-29-27-5-1-3-25-4-2-6-28(33(25)27)30-8-10-32(37(38)41)35(31)34(29)30)69-76(55,56)68-22-21-67-75(53,54)66-20-19-65-74(51,52)64-18-17-63-73(49,50)62-16-15-61-72(47,48)60-14-13-59-71(45,46)58-12-11-57-70(42,43)44/h1-10,26,39H,11-24H2,(H,45,46)(H,47,48)(H,49,50)(H,51,52)(H,53,54)(H,55,56)(H2,42,43,44). The first kappa shape index (κ1) is 62.5. The summed E-state index contributed by atoms with van der Waals surface area (Å²) >= 11 is 0. The molecule has 422 valence electrons. The Morgan fingerprint density at radius 3 is 1.00 bits per heavy atom. The van der Waals surface area contributed by atoms with Gasteiger partial charge in [0.1, 0.15) is 6.10 Å². The smallest absolute Gasteiger partial charge is 0.394 e. The quantitative estimate of drug-likeness (QED) is 0.00879. The molecule has 0 saturated carbocycles. The van der Waals surface area contributed by atoms with Crippen molar-refractivity contribution in [2.75, 3.05) is 92.4 Å². The highest BCUT2D eigenvalue weighted by Crippen LogP contribution is 2.50. The number of hydrogen-bond acceptors (Lipinski definition) is 23. The minimum atomic E-state index is -5.12. The van der Waals surface area contributed by atoms with E-state index >= 15 is 0 Å². The number of carbonyl (C=O) groups excluding carboxylic acids is 2. The number of amides is 2. The van der Waals surface area contributed by atoms with Gasteiger partial charge in [0.2, 0.25) is 0 Å². The maximum Gasteiger partial charge on any atom is 0.472 e. The van der Waals surface area contributed by atoms with E-state index in [0.29, 0.717) is 10.8 Å². The van der Waals surface area contributed by atoms with Crippen LogP contribution < -0.4 is 0 Å². The fraction of sp³-hybridized carbons (Fsp3) is 0.405. The maximum atomic E-state index is 13.9. The topological polar surface area (TPSA) is 459 Å². The van der Waals surface area contributed by atoms with Gasteiger partial charge in [0.05, 0.1) is 92.4 Å². The van der Waals surface area contributed by atoms with Crippen molar-refractivity contribution in [3.63, 3.8) is 0 Å². The Bertz CT molecular complexity index is 3130. The first-order valence-corrected chi connectivity index (χ1v) is 32.1. The normalized spacial score (nSPS) is 18.6. The molecule has 0 saturated heterocycles. The molecule has 1 heterocycles. The second-order valence-corrected chi connectivity index (χ2v) is 25.1. The van der Waals surface area contributed by atoms with Gasteiger partial charge in [0.25, 0.3) is 11.8 Å². The highest BCUT2D eigenvalue weighted by atomic mass is 31.2. The largest absolute Gasteiger partial charge is 0.472 e. The summed E-state index contributed by atoms with van der Waals surface area (Å²) in [5, 5.41) is 16.8. The van der Waals surface area contributed by atoms with Crippen LogP contribution in [0.5, 0.6) is 0 Å². The van der Waals surface area contributed by atoms with E-state index in [-0.39, 0.29) is 11.1 Å². The molecule has 76 heavy (non-hydrogen) atoms. The van der Waals surface area contributed by atoms with Gasteiger partial charge in [-0.2, -0.15) is 0 Å². The molecule has 32 nitrogen and oxygen atoms in total. The van der Waals surface area contributed by atoms with Crippen molar-refractivity contribution in [2.45, 2.75) is 6.10 Å². The molecule has 9 N–H and O–H groups in total. The van der Waals surface area contributed by atoms with Gasteiger partial charge in [-0.15, -0.1) is 0 Å². The van der Waals surface area contributed by atoms with Crippen molar-refractivity contribution in [3.8, 4) is 0 Å². The van der Waals surface area contributed by atoms with Crippen LogP contribution in [0.4, 0.5) is 0 Å². The summed E-state index contributed by atoms with van der Waals surface area (Å²) in [5.74, 6) is -1.50. The highest BCUT2D eigenvalue weighted by molar-refractivity contribution is 7.49. The number of aliphatic hydroxyl groups excluding tert-OH is 1. The zero-order chi connectivity index (χ0) is 55.7. The molecule has 1 aliphatic rings. The molecule has 7 unspecified atom stereocenters. The molecule has 0 aromatic heterocycles. The average Bonchev–Trinajstić information content (AvgIpc) is 3.34. The summed E-state index contributed by atoms with van der Waals surface area (Å²) < 4.78 is 142. The Morgan fingerprint density at radius 1 is 0.382 bits per heavy atom. The maximum absolute atomic E-state index is 13.9. The van der Waals surface area contributed by atoms with Crippen LogP contribution in [-0.2, 0) is 90.8 Å². The first-order chi connectivity index (χ1) is 35.5. The molecule has 39 heteroatoms. The molecule has 0 fully saturated rings. The molecule has 2 amide bonds. The van der Waals surface area contributed by atoms with E-state index in [4.69, 9.17) is 18.8 Å². The van der Waals surface area contributed by atoms with E-state index in [2.05, 4.69) is 49.8 Å². The Hall–Kier alpha value is -2.73. The summed E-state index contributed by atoms with van der Waals surface area (Å²) in [6.45, 7) is -11.9. The van der Waals surface area contributed by atoms with Crippen LogP contribution in [0.1, 0.15) is 20.7 Å². The van der Waals surface area contributed by atoms with Crippen molar-refractivity contribution in [1.29, 1.82) is 0 Å². The number of aliphatic hydroxyl groups is 1. The van der Waals surface area contributed by atoms with Crippen LogP contribution in [0.2, 0.25) is 0 Å². The number of fused-ring (bicyclic) bond motifs is 2. The van der Waals surface area contributed by atoms with Gasteiger partial charge in [0.15, 0.2) is 0 Å². The van der Waals surface area contributed by atoms with Crippen molar-refractivity contribution in [3.05, 3.63) is 71.8 Å². The summed E-state index contributed by atoms with van der Waals surface area (Å²) in [7, 11) is -34.5. The number of nitrogens with zero attached hydrogens (tertiary/aromatic N) is 1. The first-order valence-electron chi connectivity index (χ1n) is 21.6. The molecule has 0 aliphatic carbocycles. The monoisotopic (exact) mass is 1220 g/mol. The zero-order valence-corrected chi connectivity index (χ0v) is 45.1. The third-order valence-electron chi connectivity index (χ3n) is 10.0. The van der Waals surface area contributed by atoms with Gasteiger partial charge in [-0.1, -0.05) is 48.5 Å². The molecule has 0 bridgehead atoms. The predicted molar refractivity (Wildman–Crippen MR) is 257 cm³/mol. The molecule has 6 rings (SSSR count). The summed E-state index contributed by atoms with van der Waals surface area (Å²) in [5.41, 5.74) is 0.363. The SMILES string of the molecule is O=C1c2ccc3c4cccc5cccc(c6ccc(c2c36)C(=O)N1CC(CO)OP(=O)(O)OCCOP(=O)(O)OCCOP(=O)(O)OCCOP(=O)(O)OCCOP(=O)(O)OCCOP(=O)(O)OCCOP(=O)(O)O)c54. The Morgan fingerprint density at radius 2 is 0.684 bits per heavy atom. The van der Waals surface area contributed by atoms with Gasteiger partial charge in [-0.05, 0) is 49.8 Å². The minimum Gasteiger partial charge on any atom is -0.394 e. The lowest BCUT2D eigenvalue weighted by Crippen LogP contribution is -2.45. The van der Waals surface area contributed by atoms with Crippen LogP contribution in [0.25, 0.3) is 43.1 Å². The molecule has 0 radical (unpaired) electrons. The Kier molecular flexibility index (Phi) is 21.6. The lowest BCUT2D eigenvalue weighted by molar-refractivity contribution is 0.0287. The van der Waals surface area contributed by atoms with Gasteiger partial charge in [-0.3, -0.25) is 73.3 Å². The van der Waals surface area contributed by atoms with Crippen molar-refractivity contribution >= 4 is 110 Å². The Balaban J connectivity index is 0.836. The van der Waals surface area contributed by atoms with Crippen LogP contribution in [0.3, 0.4) is 0 Å². The minimum absolute atomic E-state index is 0.182. The molecule has 0 spiro atoms. The van der Waals surface area contributed by atoms with E-state index in [0.717, 1.165) is 37.2 Å². The number of carbonyl (C=O) groups is 2. The fourth-order valence-electron chi connectivity index (χ4n) is 7.21. The van der Waals surface area contributed by atoms with Gasteiger partial charge < -0.3 is 44.3 Å². The summed E-state index contributed by atoms with van der Waals surface area (Å²) in [4.78, 5) is 104. The second-order valence-electron chi connectivity index (χ2n) is 15.2. The number of rotatable bonds is 35. The van der Waals surface area contributed by atoms with E-state index in [1.807, 2.05) is 36.4 Å². The van der Waals surface area contributed by atoms with E-state index in [1.165, 1.54) is 0 Å². The van der Waals surface area contributed by atoms with E-state index < -0.39 is 165 Å². The van der Waals surface area contributed by atoms with Crippen LogP contribution in [-0.4, -0.2) is 160 Å². The summed E-state index contributed by atoms with van der Waals surface area (Å²) in [6.07, 6.45) is -1.65. The van der Waals surface area contributed by atoms with Crippen LogP contribution in [0, 0.1) is 0 Å². The second kappa shape index (κ2) is 26.2. The highest BCUT2D eigenvalue weighted by Gasteiger charge is 2.38. The zero-order valence-electron chi connectivity index (χ0n) is 38.8. The Labute approximate surface area is 428 Å². The van der Waals surface area contributed by atoms with Crippen molar-refractivity contribution in [1.82, 2.24) is 4.90 Å². The number of phosphoric acid groups is 7. The van der Waals surface area contributed by atoms with Crippen molar-refractivity contribution < 1.29 is 145 Å². The molecular weight excluding hydrogens is 1170 g/mol. The molecule has 5 aromatic rings. The van der Waals surface area contributed by atoms with Gasteiger partial charge in [-0.25, -0.2) is 32.0 Å². The predicted octanol–water partition coefficient (Wildman–Crippen LogP) is 4.61. The molecular formula is C37H48NO31P7. The van der Waals surface area contributed by atoms with Crippen LogP contribution in [0.15, 0.2) is 60.7 Å². The lowest BCUT2D eigenvalue weighted by atomic mass is 9.85. The van der Waals surface area contributed by atoms with Gasteiger partial charge >= 0.3 is 54.8 Å².